The van der Waals surface area contributed by atoms with Gasteiger partial charge in [-0.05, 0) is 14.0 Å². The van der Waals surface area contributed by atoms with Crippen LogP contribution >= 0.6 is 11.3 Å². The van der Waals surface area contributed by atoms with E-state index in [2.05, 4.69) is 15.6 Å². The van der Waals surface area contributed by atoms with Gasteiger partial charge in [-0.1, -0.05) is 0 Å². The highest BCUT2D eigenvalue weighted by molar-refractivity contribution is 7.09. The molecule has 2 N–H and O–H groups in total. The van der Waals surface area contributed by atoms with Gasteiger partial charge in [-0.2, -0.15) is 0 Å². The number of hydrogen-bond acceptors (Lipinski definition) is 4. The van der Waals surface area contributed by atoms with Gasteiger partial charge in [0.15, 0.2) is 0 Å². The van der Waals surface area contributed by atoms with Crippen LogP contribution in [0.4, 0.5) is 0 Å². The average molecular weight is 199 g/mol. The minimum absolute atomic E-state index is 0.0101. The van der Waals surface area contributed by atoms with E-state index in [0.717, 1.165) is 4.88 Å². The van der Waals surface area contributed by atoms with Crippen molar-refractivity contribution in [3.8, 4) is 0 Å². The number of hydrogen-bond donors (Lipinski definition) is 2. The van der Waals surface area contributed by atoms with Crippen LogP contribution in [0.3, 0.4) is 0 Å². The molecule has 1 rings (SSSR count). The highest BCUT2D eigenvalue weighted by atomic mass is 32.1. The summed E-state index contributed by atoms with van der Waals surface area (Å²) in [5.41, 5.74) is 1.75. The first-order valence-electron chi connectivity index (χ1n) is 4.06. The van der Waals surface area contributed by atoms with Crippen molar-refractivity contribution in [2.45, 2.75) is 19.5 Å². The normalized spacial score (nSPS) is 12.5. The molecule has 0 bridgehead atoms. The van der Waals surface area contributed by atoms with Crippen LogP contribution < -0.4 is 10.6 Å². The number of carbonyl (C=O) groups excluding carboxylic acids is 1. The van der Waals surface area contributed by atoms with Crippen LogP contribution in [-0.4, -0.2) is 24.0 Å². The van der Waals surface area contributed by atoms with Crippen molar-refractivity contribution in [1.82, 2.24) is 15.6 Å². The summed E-state index contributed by atoms with van der Waals surface area (Å²) in [6.07, 6.45) is 1.76. The zero-order valence-electron chi connectivity index (χ0n) is 7.70. The van der Waals surface area contributed by atoms with Crippen LogP contribution in [0.15, 0.2) is 11.7 Å². The Labute approximate surface area is 81.4 Å². The van der Waals surface area contributed by atoms with Crippen molar-refractivity contribution in [3.05, 3.63) is 16.6 Å². The molecule has 0 saturated carbocycles. The Morgan fingerprint density at radius 3 is 3.08 bits per heavy atom. The lowest BCUT2D eigenvalue weighted by Gasteiger charge is -2.09. The molecule has 0 fully saturated rings. The smallest absolute Gasteiger partial charge is 0.237 e. The van der Waals surface area contributed by atoms with Crippen LogP contribution in [0, 0.1) is 0 Å². The van der Waals surface area contributed by atoms with E-state index in [1.807, 2.05) is 6.92 Å². The zero-order valence-corrected chi connectivity index (χ0v) is 8.52. The van der Waals surface area contributed by atoms with Gasteiger partial charge in [0.25, 0.3) is 0 Å². The molecule has 0 aliphatic carbocycles. The number of likely N-dealkylation sites (N-methyl/N-ethyl adjacent to an activating group) is 1. The molecule has 0 aliphatic rings. The summed E-state index contributed by atoms with van der Waals surface area (Å²) in [4.78, 5) is 16.3. The molecule has 4 nitrogen and oxygen atoms in total. The second-order valence-corrected chi connectivity index (χ2v) is 3.67. The fourth-order valence-corrected chi connectivity index (χ4v) is 1.32. The third kappa shape index (κ3) is 3.12. The maximum Gasteiger partial charge on any atom is 0.237 e. The summed E-state index contributed by atoms with van der Waals surface area (Å²) >= 11 is 1.54. The van der Waals surface area contributed by atoms with Gasteiger partial charge in [-0.15, -0.1) is 11.3 Å². The van der Waals surface area contributed by atoms with Gasteiger partial charge in [0.05, 0.1) is 18.1 Å². The molecule has 5 heteroatoms. The number of thiazole rings is 1. The molecule has 0 saturated heterocycles. The first-order valence-corrected chi connectivity index (χ1v) is 4.94. The van der Waals surface area contributed by atoms with Crippen molar-refractivity contribution in [2.24, 2.45) is 0 Å². The summed E-state index contributed by atoms with van der Waals surface area (Å²) in [6, 6.07) is -0.145. The quantitative estimate of drug-likeness (QED) is 0.736. The van der Waals surface area contributed by atoms with Crippen molar-refractivity contribution in [1.29, 1.82) is 0 Å². The summed E-state index contributed by atoms with van der Waals surface area (Å²) in [7, 11) is 1.76. The molecule has 1 heterocycles. The molecular weight excluding hydrogens is 186 g/mol. The molecule has 0 spiro atoms. The number of amides is 1. The largest absolute Gasteiger partial charge is 0.350 e. The van der Waals surface area contributed by atoms with E-state index in [1.165, 1.54) is 11.3 Å². The topological polar surface area (TPSA) is 54.0 Å². The Morgan fingerprint density at radius 2 is 2.54 bits per heavy atom. The number of nitrogens with one attached hydrogen (secondary N) is 2. The Balaban J connectivity index is 2.31. The van der Waals surface area contributed by atoms with Gasteiger partial charge in [0.2, 0.25) is 5.91 Å². The summed E-state index contributed by atoms with van der Waals surface area (Å²) in [5, 5.41) is 5.68. The Bertz CT molecular complexity index is 260. The Morgan fingerprint density at radius 1 is 1.77 bits per heavy atom. The minimum Gasteiger partial charge on any atom is -0.350 e. The maximum atomic E-state index is 11.3. The van der Waals surface area contributed by atoms with Gasteiger partial charge in [-0.3, -0.25) is 9.78 Å². The van der Waals surface area contributed by atoms with Crippen molar-refractivity contribution in [2.75, 3.05) is 7.05 Å². The van der Waals surface area contributed by atoms with Crippen molar-refractivity contribution < 1.29 is 4.79 Å². The van der Waals surface area contributed by atoms with Gasteiger partial charge in [-0.25, -0.2) is 0 Å². The van der Waals surface area contributed by atoms with E-state index in [4.69, 9.17) is 0 Å². The van der Waals surface area contributed by atoms with Crippen LogP contribution in [0.25, 0.3) is 0 Å². The predicted octanol–water partition coefficient (Wildman–Crippen LogP) is 0.367. The molecule has 0 aromatic carbocycles. The highest BCUT2D eigenvalue weighted by Crippen LogP contribution is 2.03. The molecular formula is C8H13N3OS. The number of carbonyl (C=O) groups is 1. The Kier molecular flexibility index (Phi) is 3.85. The lowest BCUT2D eigenvalue weighted by molar-refractivity contribution is -0.122. The van der Waals surface area contributed by atoms with E-state index >= 15 is 0 Å². The molecule has 1 aromatic rings. The SMILES string of the molecule is CNC(C)C(=O)NCc1cncs1. The highest BCUT2D eigenvalue weighted by Gasteiger charge is 2.08. The van der Waals surface area contributed by atoms with Crippen LogP contribution in [0.2, 0.25) is 0 Å². The van der Waals surface area contributed by atoms with Crippen LogP contribution in [-0.2, 0) is 11.3 Å². The molecule has 0 radical (unpaired) electrons. The minimum atomic E-state index is -0.145. The second-order valence-electron chi connectivity index (χ2n) is 2.70. The van der Waals surface area contributed by atoms with E-state index in [1.54, 1.807) is 18.8 Å². The van der Waals surface area contributed by atoms with Crippen LogP contribution in [0.1, 0.15) is 11.8 Å². The molecule has 1 aromatic heterocycles. The molecule has 1 atom stereocenters. The van der Waals surface area contributed by atoms with Gasteiger partial charge < -0.3 is 10.6 Å². The third-order valence-electron chi connectivity index (χ3n) is 1.75. The van der Waals surface area contributed by atoms with E-state index < -0.39 is 0 Å². The number of nitrogens with zero attached hydrogens (tertiary/aromatic N) is 1. The predicted molar refractivity (Wildman–Crippen MR) is 52.5 cm³/mol. The van der Waals surface area contributed by atoms with Crippen molar-refractivity contribution >= 4 is 17.2 Å². The lowest BCUT2D eigenvalue weighted by Crippen LogP contribution is -2.39. The Hall–Kier alpha value is -0.940. The average Bonchev–Trinajstić information content (AvgIpc) is 2.65. The third-order valence-corrected chi connectivity index (χ3v) is 2.53. The fourth-order valence-electron chi connectivity index (χ4n) is 0.788. The van der Waals surface area contributed by atoms with Crippen molar-refractivity contribution in [3.63, 3.8) is 0 Å². The number of aromatic nitrogens is 1. The second kappa shape index (κ2) is 4.94. The van der Waals surface area contributed by atoms with E-state index in [9.17, 15) is 4.79 Å². The molecule has 1 unspecified atom stereocenters. The summed E-state index contributed by atoms with van der Waals surface area (Å²) in [6.45, 7) is 2.39. The van der Waals surface area contributed by atoms with E-state index in [-0.39, 0.29) is 11.9 Å². The van der Waals surface area contributed by atoms with Gasteiger partial charge >= 0.3 is 0 Å². The first kappa shape index (κ1) is 10.1. The maximum absolute atomic E-state index is 11.3. The van der Waals surface area contributed by atoms with Gasteiger partial charge in [0.1, 0.15) is 0 Å². The fraction of sp³-hybridized carbons (Fsp3) is 0.500. The first-order chi connectivity index (χ1) is 6.24. The van der Waals surface area contributed by atoms with E-state index in [0.29, 0.717) is 6.54 Å². The zero-order chi connectivity index (χ0) is 9.68. The molecule has 0 aliphatic heterocycles. The summed E-state index contributed by atoms with van der Waals surface area (Å²) in [5.74, 6) is 0.0101. The molecule has 13 heavy (non-hydrogen) atoms. The lowest BCUT2D eigenvalue weighted by atomic mass is 10.3. The number of rotatable bonds is 4. The molecule has 1 amide bonds. The standard InChI is InChI=1S/C8H13N3OS/c1-6(9-2)8(12)11-4-7-3-10-5-13-7/h3,5-6,9H,4H2,1-2H3,(H,11,12). The van der Waals surface area contributed by atoms with Crippen LogP contribution in [0.5, 0.6) is 0 Å². The monoisotopic (exact) mass is 199 g/mol. The molecule has 72 valence electrons. The summed E-state index contributed by atoms with van der Waals surface area (Å²) < 4.78 is 0. The van der Waals surface area contributed by atoms with Gasteiger partial charge in [0, 0.05) is 11.1 Å².